The molecule has 10 heteroatoms. The van der Waals surface area contributed by atoms with Crippen molar-refractivity contribution in [3.05, 3.63) is 53.5 Å². The Labute approximate surface area is 167 Å². The van der Waals surface area contributed by atoms with Crippen LogP contribution in [0.4, 0.5) is 18.9 Å². The minimum Gasteiger partial charge on any atom is -0.493 e. The van der Waals surface area contributed by atoms with Crippen LogP contribution in [0.3, 0.4) is 0 Å². The molecule has 29 heavy (non-hydrogen) atoms. The van der Waals surface area contributed by atoms with Gasteiger partial charge >= 0.3 is 6.36 Å². The monoisotopic (exact) mass is 424 g/mol. The van der Waals surface area contributed by atoms with Crippen molar-refractivity contribution in [3.8, 4) is 27.8 Å². The standard InChI is InChI=1S/C19H15F3N2O4S/c1-26-15-8-3-11(9-16(15)27-2)18-24-14(10-29-18)17(25)23-12-4-6-13(7-5-12)28-19(20,21)22/h3-10H,1-2H3,(H,23,25). The van der Waals surface area contributed by atoms with E-state index < -0.39 is 12.3 Å². The number of thiazole rings is 1. The number of anilines is 1. The van der Waals surface area contributed by atoms with E-state index in [9.17, 15) is 18.0 Å². The highest BCUT2D eigenvalue weighted by Gasteiger charge is 2.31. The van der Waals surface area contributed by atoms with Crippen LogP contribution in [0.15, 0.2) is 47.8 Å². The predicted molar refractivity (Wildman–Crippen MR) is 102 cm³/mol. The molecule has 0 aliphatic rings. The Kier molecular flexibility index (Phi) is 5.92. The van der Waals surface area contributed by atoms with Gasteiger partial charge in [0.05, 0.1) is 14.2 Å². The van der Waals surface area contributed by atoms with Crippen LogP contribution >= 0.6 is 11.3 Å². The lowest BCUT2D eigenvalue weighted by atomic mass is 10.2. The van der Waals surface area contributed by atoms with E-state index in [0.717, 1.165) is 17.7 Å². The fourth-order valence-corrected chi connectivity index (χ4v) is 3.21. The van der Waals surface area contributed by atoms with E-state index >= 15 is 0 Å². The SMILES string of the molecule is COc1ccc(-c2nc(C(=O)Nc3ccc(OC(F)(F)F)cc3)cs2)cc1OC. The lowest BCUT2D eigenvalue weighted by Crippen LogP contribution is -2.17. The third-order valence-electron chi connectivity index (χ3n) is 3.71. The van der Waals surface area contributed by atoms with Crippen LogP contribution in [0.2, 0.25) is 0 Å². The van der Waals surface area contributed by atoms with Crippen molar-refractivity contribution in [2.75, 3.05) is 19.5 Å². The van der Waals surface area contributed by atoms with Crippen molar-refractivity contribution >= 4 is 22.9 Å². The van der Waals surface area contributed by atoms with Gasteiger partial charge in [0, 0.05) is 16.6 Å². The minimum atomic E-state index is -4.77. The maximum atomic E-state index is 12.4. The summed E-state index contributed by atoms with van der Waals surface area (Å²) in [4.78, 5) is 16.7. The number of aromatic nitrogens is 1. The van der Waals surface area contributed by atoms with Crippen LogP contribution in [0.25, 0.3) is 10.6 Å². The van der Waals surface area contributed by atoms with Gasteiger partial charge in [-0.3, -0.25) is 4.79 Å². The molecule has 1 heterocycles. The number of alkyl halides is 3. The van der Waals surface area contributed by atoms with Crippen molar-refractivity contribution in [2.24, 2.45) is 0 Å². The van der Waals surface area contributed by atoms with Gasteiger partial charge < -0.3 is 19.5 Å². The van der Waals surface area contributed by atoms with E-state index in [0.29, 0.717) is 22.2 Å². The zero-order chi connectivity index (χ0) is 21.0. The number of methoxy groups -OCH3 is 2. The largest absolute Gasteiger partial charge is 0.573 e. The number of rotatable bonds is 6. The highest BCUT2D eigenvalue weighted by Crippen LogP contribution is 2.33. The molecule has 1 N–H and O–H groups in total. The van der Waals surface area contributed by atoms with Crippen LogP contribution in [0, 0.1) is 0 Å². The molecule has 3 aromatic rings. The quantitative estimate of drug-likeness (QED) is 0.605. The maximum absolute atomic E-state index is 12.4. The highest BCUT2D eigenvalue weighted by atomic mass is 32.1. The lowest BCUT2D eigenvalue weighted by molar-refractivity contribution is -0.274. The Hall–Kier alpha value is -3.27. The molecular weight excluding hydrogens is 409 g/mol. The summed E-state index contributed by atoms with van der Waals surface area (Å²) in [5.74, 6) is 0.244. The van der Waals surface area contributed by atoms with Crippen molar-refractivity contribution in [1.82, 2.24) is 4.98 Å². The van der Waals surface area contributed by atoms with E-state index in [1.54, 1.807) is 23.6 Å². The second-order valence-electron chi connectivity index (χ2n) is 5.63. The van der Waals surface area contributed by atoms with Crippen molar-refractivity contribution in [1.29, 1.82) is 0 Å². The first-order chi connectivity index (χ1) is 13.8. The number of carbonyl (C=O) groups is 1. The average molecular weight is 424 g/mol. The van der Waals surface area contributed by atoms with E-state index in [4.69, 9.17) is 9.47 Å². The molecule has 0 atom stereocenters. The van der Waals surface area contributed by atoms with Crippen molar-refractivity contribution in [2.45, 2.75) is 6.36 Å². The number of halogens is 3. The molecule has 6 nitrogen and oxygen atoms in total. The summed E-state index contributed by atoms with van der Waals surface area (Å²) in [6.45, 7) is 0. The second-order valence-corrected chi connectivity index (χ2v) is 6.49. The summed E-state index contributed by atoms with van der Waals surface area (Å²) in [5, 5.41) is 4.77. The minimum absolute atomic E-state index is 0.176. The summed E-state index contributed by atoms with van der Waals surface area (Å²) in [6.07, 6.45) is -4.77. The van der Waals surface area contributed by atoms with Crippen molar-refractivity contribution < 1.29 is 32.2 Å². The van der Waals surface area contributed by atoms with Crippen LogP contribution < -0.4 is 19.5 Å². The van der Waals surface area contributed by atoms with Crippen LogP contribution in [-0.4, -0.2) is 31.5 Å². The fourth-order valence-electron chi connectivity index (χ4n) is 2.41. The van der Waals surface area contributed by atoms with Crippen molar-refractivity contribution in [3.63, 3.8) is 0 Å². The molecule has 1 aromatic heterocycles. The van der Waals surface area contributed by atoms with Gasteiger partial charge in [0.2, 0.25) is 0 Å². The molecular formula is C19H15F3N2O4S. The van der Waals surface area contributed by atoms with Gasteiger partial charge in [-0.25, -0.2) is 4.98 Å². The van der Waals surface area contributed by atoms with Gasteiger partial charge in [-0.1, -0.05) is 0 Å². The zero-order valence-corrected chi connectivity index (χ0v) is 16.1. The lowest BCUT2D eigenvalue weighted by Gasteiger charge is -2.09. The molecule has 0 fully saturated rings. The first-order valence-corrected chi connectivity index (χ1v) is 9.02. The number of amides is 1. The number of carbonyl (C=O) groups excluding carboxylic acids is 1. The molecule has 2 aromatic carbocycles. The molecule has 0 radical (unpaired) electrons. The highest BCUT2D eigenvalue weighted by molar-refractivity contribution is 7.13. The summed E-state index contributed by atoms with van der Waals surface area (Å²) in [5.41, 5.74) is 1.24. The van der Waals surface area contributed by atoms with Crippen LogP contribution in [0.1, 0.15) is 10.5 Å². The van der Waals surface area contributed by atoms with Gasteiger partial charge in [-0.15, -0.1) is 24.5 Å². The molecule has 0 spiro atoms. The third kappa shape index (κ3) is 5.17. The van der Waals surface area contributed by atoms with Crippen LogP contribution in [0.5, 0.6) is 17.2 Å². The number of ether oxygens (including phenoxy) is 3. The summed E-state index contributed by atoms with van der Waals surface area (Å²) < 4.78 is 50.8. The molecule has 3 rings (SSSR count). The molecule has 0 saturated carbocycles. The Morgan fingerprint density at radius 1 is 1.03 bits per heavy atom. The Balaban J connectivity index is 1.71. The smallest absolute Gasteiger partial charge is 0.493 e. The fraction of sp³-hybridized carbons (Fsp3) is 0.158. The Morgan fingerprint density at radius 3 is 2.34 bits per heavy atom. The third-order valence-corrected chi connectivity index (χ3v) is 4.60. The maximum Gasteiger partial charge on any atom is 0.573 e. The molecule has 0 aliphatic heterocycles. The number of hydrogen-bond acceptors (Lipinski definition) is 6. The van der Waals surface area contributed by atoms with Gasteiger partial charge in [-0.05, 0) is 42.5 Å². The number of nitrogens with one attached hydrogen (secondary N) is 1. The van der Waals surface area contributed by atoms with E-state index in [-0.39, 0.29) is 11.4 Å². The first-order valence-electron chi connectivity index (χ1n) is 8.14. The number of nitrogens with zero attached hydrogens (tertiary/aromatic N) is 1. The molecule has 1 amide bonds. The molecule has 0 aliphatic carbocycles. The summed E-state index contributed by atoms with van der Waals surface area (Å²) in [7, 11) is 3.05. The van der Waals surface area contributed by atoms with Gasteiger partial charge in [-0.2, -0.15) is 0 Å². The van der Waals surface area contributed by atoms with Gasteiger partial charge in [0.1, 0.15) is 16.5 Å². The van der Waals surface area contributed by atoms with Crippen LogP contribution in [-0.2, 0) is 0 Å². The Bertz CT molecular complexity index is 1000. The summed E-state index contributed by atoms with van der Waals surface area (Å²) in [6, 6.07) is 10.1. The average Bonchev–Trinajstić information content (AvgIpc) is 3.18. The normalized spacial score (nSPS) is 11.1. The molecule has 0 unspecified atom stereocenters. The van der Waals surface area contributed by atoms with E-state index in [2.05, 4.69) is 15.0 Å². The predicted octanol–water partition coefficient (Wildman–Crippen LogP) is 4.98. The molecule has 0 bridgehead atoms. The topological polar surface area (TPSA) is 69.7 Å². The van der Waals surface area contributed by atoms with E-state index in [1.807, 2.05) is 0 Å². The van der Waals surface area contributed by atoms with Gasteiger partial charge in [0.15, 0.2) is 11.5 Å². The molecule has 152 valence electrons. The first kappa shape index (κ1) is 20.5. The van der Waals surface area contributed by atoms with E-state index in [1.165, 1.54) is 37.7 Å². The zero-order valence-electron chi connectivity index (χ0n) is 15.2. The summed E-state index contributed by atoms with van der Waals surface area (Å²) >= 11 is 1.27. The second kappa shape index (κ2) is 8.39. The number of hydrogen-bond donors (Lipinski definition) is 1. The number of benzene rings is 2. The Morgan fingerprint density at radius 2 is 1.72 bits per heavy atom. The van der Waals surface area contributed by atoms with Gasteiger partial charge in [0.25, 0.3) is 5.91 Å². The molecule has 0 saturated heterocycles.